The lowest BCUT2D eigenvalue weighted by Gasteiger charge is -2.26. The van der Waals surface area contributed by atoms with E-state index in [1.54, 1.807) is 4.90 Å². The molecule has 0 radical (unpaired) electrons. The van der Waals surface area contributed by atoms with Gasteiger partial charge >= 0.3 is 0 Å². The average molecular weight is 382 g/mol. The zero-order valence-corrected chi connectivity index (χ0v) is 16.5. The number of imidazole rings is 1. The monoisotopic (exact) mass is 382 g/mol. The number of carbonyl (C=O) groups is 2. The predicted octanol–water partition coefficient (Wildman–Crippen LogP) is 2.56. The van der Waals surface area contributed by atoms with Crippen molar-refractivity contribution < 1.29 is 14.3 Å². The number of morpholine rings is 1. The SMILES string of the molecule is Cc1cc(C)cc(NC(=O)c2nc(C(=O)N3CCOCC3)c3n2CCCC3)c1. The minimum Gasteiger partial charge on any atom is -0.378 e. The van der Waals surface area contributed by atoms with Crippen LogP contribution in [0.5, 0.6) is 0 Å². The summed E-state index contributed by atoms with van der Waals surface area (Å²) in [5.41, 5.74) is 4.23. The van der Waals surface area contributed by atoms with Gasteiger partial charge in [0.15, 0.2) is 5.82 Å². The lowest BCUT2D eigenvalue weighted by molar-refractivity contribution is 0.0298. The third kappa shape index (κ3) is 3.67. The van der Waals surface area contributed by atoms with Gasteiger partial charge in [0.05, 0.1) is 18.9 Å². The van der Waals surface area contributed by atoms with Gasteiger partial charge in [0.1, 0.15) is 5.69 Å². The second-order valence-corrected chi connectivity index (χ2v) is 7.57. The predicted molar refractivity (Wildman–Crippen MR) is 106 cm³/mol. The molecule has 1 N–H and O–H groups in total. The highest BCUT2D eigenvalue weighted by Gasteiger charge is 2.30. The van der Waals surface area contributed by atoms with Crippen molar-refractivity contribution in [1.29, 1.82) is 0 Å². The molecule has 0 saturated carbocycles. The molecule has 1 aromatic carbocycles. The third-order valence-electron chi connectivity index (χ3n) is 5.30. The van der Waals surface area contributed by atoms with E-state index in [1.807, 2.05) is 30.5 Å². The largest absolute Gasteiger partial charge is 0.378 e. The summed E-state index contributed by atoms with van der Waals surface area (Å²) in [6.07, 6.45) is 2.76. The Morgan fingerprint density at radius 2 is 1.75 bits per heavy atom. The first-order chi connectivity index (χ1) is 13.5. The topological polar surface area (TPSA) is 76.5 Å². The summed E-state index contributed by atoms with van der Waals surface area (Å²) in [7, 11) is 0. The number of aryl methyl sites for hydroxylation is 2. The Morgan fingerprint density at radius 3 is 2.46 bits per heavy atom. The highest BCUT2D eigenvalue weighted by Crippen LogP contribution is 2.24. The smallest absolute Gasteiger partial charge is 0.291 e. The Labute approximate surface area is 164 Å². The van der Waals surface area contributed by atoms with Crippen LogP contribution in [-0.4, -0.2) is 52.6 Å². The molecule has 4 rings (SSSR count). The molecule has 2 aromatic rings. The summed E-state index contributed by atoms with van der Waals surface area (Å²) in [5, 5.41) is 2.95. The molecule has 7 heteroatoms. The van der Waals surface area contributed by atoms with Gasteiger partial charge in [0.25, 0.3) is 11.8 Å². The minimum atomic E-state index is -0.269. The summed E-state index contributed by atoms with van der Waals surface area (Å²) in [6.45, 7) is 6.93. The van der Waals surface area contributed by atoms with Crippen LogP contribution < -0.4 is 5.32 Å². The molecule has 1 aromatic heterocycles. The van der Waals surface area contributed by atoms with E-state index in [0.29, 0.717) is 44.4 Å². The Bertz CT molecular complexity index is 892. The van der Waals surface area contributed by atoms with Crippen molar-refractivity contribution >= 4 is 17.5 Å². The molecule has 1 saturated heterocycles. The van der Waals surface area contributed by atoms with Gasteiger partial charge in [-0.05, 0) is 56.4 Å². The van der Waals surface area contributed by atoms with Gasteiger partial charge in [0.2, 0.25) is 0 Å². The number of hydrogen-bond acceptors (Lipinski definition) is 4. The fraction of sp³-hybridized carbons (Fsp3) is 0.476. The number of benzene rings is 1. The molecule has 0 bridgehead atoms. The van der Waals surface area contributed by atoms with Crippen molar-refractivity contribution in [3.05, 3.63) is 46.5 Å². The van der Waals surface area contributed by atoms with Crippen LogP contribution in [0.3, 0.4) is 0 Å². The van der Waals surface area contributed by atoms with Gasteiger partial charge in [-0.25, -0.2) is 4.98 Å². The van der Waals surface area contributed by atoms with Crippen molar-refractivity contribution in [2.24, 2.45) is 0 Å². The molecule has 0 spiro atoms. The Balaban J connectivity index is 1.64. The first-order valence-electron chi connectivity index (χ1n) is 9.89. The molecule has 3 heterocycles. The summed E-state index contributed by atoms with van der Waals surface area (Å²) >= 11 is 0. The Kier molecular flexibility index (Phi) is 5.17. The summed E-state index contributed by atoms with van der Waals surface area (Å²) in [5.74, 6) is -0.0425. The second kappa shape index (κ2) is 7.75. The van der Waals surface area contributed by atoms with E-state index in [9.17, 15) is 9.59 Å². The number of nitrogens with zero attached hydrogens (tertiary/aromatic N) is 3. The van der Waals surface area contributed by atoms with E-state index < -0.39 is 0 Å². The zero-order chi connectivity index (χ0) is 19.7. The first kappa shape index (κ1) is 18.7. The standard InChI is InChI=1S/C21H26N4O3/c1-14-11-15(2)13-16(12-14)22-20(26)19-23-18(17-5-3-4-6-25(17)19)21(27)24-7-9-28-10-8-24/h11-13H,3-10H2,1-2H3,(H,22,26). The molecule has 28 heavy (non-hydrogen) atoms. The fourth-order valence-electron chi connectivity index (χ4n) is 4.04. The van der Waals surface area contributed by atoms with Crippen LogP contribution in [0, 0.1) is 13.8 Å². The second-order valence-electron chi connectivity index (χ2n) is 7.57. The molecule has 7 nitrogen and oxygen atoms in total. The van der Waals surface area contributed by atoms with E-state index in [2.05, 4.69) is 16.4 Å². The molecule has 0 aliphatic carbocycles. The van der Waals surface area contributed by atoms with E-state index in [1.165, 1.54) is 0 Å². The lowest BCUT2D eigenvalue weighted by atomic mass is 10.1. The molecule has 0 unspecified atom stereocenters. The van der Waals surface area contributed by atoms with Crippen molar-refractivity contribution in [3.8, 4) is 0 Å². The molecular formula is C21H26N4O3. The van der Waals surface area contributed by atoms with Crippen LogP contribution in [0.1, 0.15) is 50.8 Å². The molecule has 2 aliphatic heterocycles. The maximum Gasteiger partial charge on any atom is 0.291 e. The van der Waals surface area contributed by atoms with E-state index in [-0.39, 0.29) is 11.8 Å². The van der Waals surface area contributed by atoms with E-state index in [4.69, 9.17) is 4.74 Å². The molecule has 148 valence electrons. The summed E-state index contributed by atoms with van der Waals surface area (Å²) in [4.78, 5) is 32.3. The van der Waals surface area contributed by atoms with Gasteiger partial charge in [-0.15, -0.1) is 0 Å². The minimum absolute atomic E-state index is 0.0978. The number of amides is 2. The Morgan fingerprint density at radius 1 is 1.04 bits per heavy atom. The van der Waals surface area contributed by atoms with Gasteiger partial charge < -0.3 is 19.5 Å². The number of rotatable bonds is 3. The number of nitrogens with one attached hydrogen (secondary N) is 1. The van der Waals surface area contributed by atoms with Crippen LogP contribution in [-0.2, 0) is 17.7 Å². The first-order valence-corrected chi connectivity index (χ1v) is 9.89. The number of hydrogen-bond donors (Lipinski definition) is 1. The van der Waals surface area contributed by atoms with Gasteiger partial charge in [-0.1, -0.05) is 6.07 Å². The molecule has 0 atom stereocenters. The van der Waals surface area contributed by atoms with Crippen molar-refractivity contribution in [3.63, 3.8) is 0 Å². The summed E-state index contributed by atoms with van der Waals surface area (Å²) in [6, 6.07) is 5.93. The quantitative estimate of drug-likeness (QED) is 0.885. The molecule has 2 aliphatic rings. The normalized spacial score (nSPS) is 16.6. The lowest BCUT2D eigenvalue weighted by Crippen LogP contribution is -2.41. The Hall–Kier alpha value is -2.67. The molecule has 2 amide bonds. The zero-order valence-electron chi connectivity index (χ0n) is 16.5. The number of aromatic nitrogens is 2. The average Bonchev–Trinajstić information content (AvgIpc) is 3.07. The van der Waals surface area contributed by atoms with Gasteiger partial charge in [-0.2, -0.15) is 0 Å². The van der Waals surface area contributed by atoms with Gasteiger partial charge in [0, 0.05) is 25.3 Å². The van der Waals surface area contributed by atoms with Crippen molar-refractivity contribution in [2.45, 2.75) is 39.7 Å². The van der Waals surface area contributed by atoms with Crippen molar-refractivity contribution in [1.82, 2.24) is 14.5 Å². The molecular weight excluding hydrogens is 356 g/mol. The summed E-state index contributed by atoms with van der Waals surface area (Å²) < 4.78 is 7.27. The van der Waals surface area contributed by atoms with Crippen molar-refractivity contribution in [2.75, 3.05) is 31.6 Å². The van der Waals surface area contributed by atoms with Crippen LogP contribution in [0.15, 0.2) is 18.2 Å². The highest BCUT2D eigenvalue weighted by molar-refractivity contribution is 6.03. The maximum atomic E-state index is 13.0. The number of fused-ring (bicyclic) bond motifs is 1. The van der Waals surface area contributed by atoms with Crippen LogP contribution >= 0.6 is 0 Å². The fourth-order valence-corrected chi connectivity index (χ4v) is 4.04. The van der Waals surface area contributed by atoms with Crippen LogP contribution in [0.4, 0.5) is 5.69 Å². The molecule has 1 fully saturated rings. The van der Waals surface area contributed by atoms with E-state index >= 15 is 0 Å². The van der Waals surface area contributed by atoms with E-state index in [0.717, 1.165) is 41.8 Å². The van der Waals surface area contributed by atoms with Crippen LogP contribution in [0.2, 0.25) is 0 Å². The van der Waals surface area contributed by atoms with Crippen LogP contribution in [0.25, 0.3) is 0 Å². The number of carbonyl (C=O) groups excluding carboxylic acids is 2. The highest BCUT2D eigenvalue weighted by atomic mass is 16.5. The van der Waals surface area contributed by atoms with Gasteiger partial charge in [-0.3, -0.25) is 9.59 Å². The maximum absolute atomic E-state index is 13.0. The number of ether oxygens (including phenoxy) is 1. The number of anilines is 1. The third-order valence-corrected chi connectivity index (χ3v) is 5.30.